The molecule has 3 saturated heterocycles. The lowest BCUT2D eigenvalue weighted by atomic mass is 9.70. The Hall–Kier alpha value is -2.97. The monoisotopic (exact) mass is 593 g/mol. The number of aliphatic hydroxyl groups is 1. The molecule has 3 aliphatic rings. The first-order valence-corrected chi connectivity index (χ1v) is 15.7. The van der Waals surface area contributed by atoms with Crippen molar-refractivity contribution >= 4 is 17.7 Å². The summed E-state index contributed by atoms with van der Waals surface area (Å²) in [6, 6.07) is 8.25. The Morgan fingerprint density at radius 3 is 2.33 bits per heavy atom. The summed E-state index contributed by atoms with van der Waals surface area (Å²) in [5, 5.41) is 10.4. The van der Waals surface area contributed by atoms with Gasteiger partial charge in [-0.2, -0.15) is 0 Å². The molecular formula is C35H51N3O5. The minimum atomic E-state index is -1.13. The summed E-state index contributed by atoms with van der Waals surface area (Å²) in [7, 11) is 0. The van der Waals surface area contributed by atoms with Gasteiger partial charge in [0, 0.05) is 25.2 Å². The number of aliphatic hydroxyl groups excluding tert-OH is 1. The van der Waals surface area contributed by atoms with Gasteiger partial charge in [0.2, 0.25) is 17.7 Å². The molecular weight excluding hydrogens is 542 g/mol. The highest BCUT2D eigenvalue weighted by molar-refractivity contribution is 5.99. The number of carbonyl (C=O) groups excluding carboxylic acids is 3. The number of hydrogen-bond donors (Lipinski definition) is 1. The molecule has 3 fully saturated rings. The fourth-order valence-corrected chi connectivity index (χ4v) is 8.17. The van der Waals surface area contributed by atoms with Gasteiger partial charge < -0.3 is 24.5 Å². The second-order valence-corrected chi connectivity index (χ2v) is 14.3. The number of fused-ring (bicyclic) bond motifs is 1. The van der Waals surface area contributed by atoms with E-state index in [0.717, 1.165) is 12.0 Å². The zero-order valence-corrected chi connectivity index (χ0v) is 26.9. The molecule has 236 valence electrons. The molecule has 8 heteroatoms. The van der Waals surface area contributed by atoms with E-state index >= 15 is 0 Å². The highest BCUT2D eigenvalue weighted by atomic mass is 16.5. The summed E-state index contributed by atoms with van der Waals surface area (Å²) < 4.78 is 6.72. The second-order valence-electron chi connectivity index (χ2n) is 14.3. The highest BCUT2D eigenvalue weighted by Crippen LogP contribution is 2.59. The standard InChI is InChI=1S/C35H51N3O5/c1-9-19-36(21-24-15-13-12-14-16-24)30(40)27-26-17-18-35(43-26)28(27)31(41)38(25(11-3)22-39)29(35)32(42)37(20-10-2)34(7,8)23-33(4,5)6/h9-10,12-16,25-29,39H,1-2,11,17-23H2,3-8H3/t25-,26-,27+,28-,29?,35?/m0/s1. The average molecular weight is 594 g/mol. The zero-order valence-electron chi connectivity index (χ0n) is 26.9. The maximum atomic E-state index is 14.9. The number of benzene rings is 1. The van der Waals surface area contributed by atoms with Crippen molar-refractivity contribution in [2.24, 2.45) is 17.3 Å². The van der Waals surface area contributed by atoms with Crippen molar-refractivity contribution in [2.45, 2.75) is 103 Å². The van der Waals surface area contributed by atoms with E-state index in [1.165, 1.54) is 0 Å². The molecule has 1 aromatic rings. The van der Waals surface area contributed by atoms with Gasteiger partial charge in [-0.15, -0.1) is 13.2 Å². The molecule has 43 heavy (non-hydrogen) atoms. The summed E-state index contributed by atoms with van der Waals surface area (Å²) in [4.78, 5) is 48.8. The number of rotatable bonds is 13. The van der Waals surface area contributed by atoms with E-state index in [1.54, 1.807) is 22.0 Å². The number of hydrogen-bond acceptors (Lipinski definition) is 5. The second kappa shape index (κ2) is 12.6. The molecule has 3 amide bonds. The molecule has 1 aromatic carbocycles. The van der Waals surface area contributed by atoms with Crippen LogP contribution in [0, 0.1) is 17.3 Å². The zero-order chi connectivity index (χ0) is 31.7. The number of amides is 3. The molecule has 2 unspecified atom stereocenters. The quantitative estimate of drug-likeness (QED) is 0.339. The van der Waals surface area contributed by atoms with Crippen LogP contribution in [0.4, 0.5) is 0 Å². The summed E-state index contributed by atoms with van der Waals surface area (Å²) in [6.45, 7) is 21.0. The third-order valence-electron chi connectivity index (χ3n) is 9.48. The van der Waals surface area contributed by atoms with Gasteiger partial charge in [-0.3, -0.25) is 14.4 Å². The van der Waals surface area contributed by atoms with Crippen LogP contribution in [0.3, 0.4) is 0 Å². The fourth-order valence-electron chi connectivity index (χ4n) is 8.17. The number of carbonyl (C=O) groups is 3. The van der Waals surface area contributed by atoms with Crippen LogP contribution in [0.5, 0.6) is 0 Å². The molecule has 2 bridgehead atoms. The smallest absolute Gasteiger partial charge is 0.249 e. The lowest BCUT2D eigenvalue weighted by Gasteiger charge is -2.46. The van der Waals surface area contributed by atoms with Crippen molar-refractivity contribution in [1.82, 2.24) is 14.7 Å². The van der Waals surface area contributed by atoms with Gasteiger partial charge in [0.15, 0.2) is 0 Å². The Kier molecular flexibility index (Phi) is 9.62. The molecule has 0 saturated carbocycles. The maximum absolute atomic E-state index is 14.9. The first-order chi connectivity index (χ1) is 20.3. The fraction of sp³-hybridized carbons (Fsp3) is 0.629. The van der Waals surface area contributed by atoms with E-state index in [1.807, 2.05) is 42.2 Å². The number of ether oxygens (including phenoxy) is 1. The molecule has 8 nitrogen and oxygen atoms in total. The van der Waals surface area contributed by atoms with Crippen molar-refractivity contribution in [3.05, 3.63) is 61.2 Å². The van der Waals surface area contributed by atoms with Gasteiger partial charge in [0.25, 0.3) is 0 Å². The van der Waals surface area contributed by atoms with Crippen LogP contribution in [-0.2, 0) is 25.7 Å². The third-order valence-corrected chi connectivity index (χ3v) is 9.48. The molecule has 3 aliphatic heterocycles. The van der Waals surface area contributed by atoms with Gasteiger partial charge in [0.05, 0.1) is 30.6 Å². The summed E-state index contributed by atoms with van der Waals surface area (Å²) in [6.07, 6.45) is 5.27. The van der Waals surface area contributed by atoms with Gasteiger partial charge >= 0.3 is 0 Å². The van der Waals surface area contributed by atoms with Crippen molar-refractivity contribution in [3.8, 4) is 0 Å². The van der Waals surface area contributed by atoms with Crippen LogP contribution in [0.25, 0.3) is 0 Å². The molecule has 0 aliphatic carbocycles. The van der Waals surface area contributed by atoms with E-state index in [0.29, 0.717) is 38.9 Å². The molecule has 3 heterocycles. The molecule has 6 atom stereocenters. The van der Waals surface area contributed by atoms with Gasteiger partial charge in [0.1, 0.15) is 11.6 Å². The predicted octanol–water partition coefficient (Wildman–Crippen LogP) is 4.58. The van der Waals surface area contributed by atoms with Crippen LogP contribution in [-0.4, -0.2) is 86.6 Å². The lowest BCUT2D eigenvalue weighted by Crippen LogP contribution is -2.62. The van der Waals surface area contributed by atoms with Crippen LogP contribution in [0.1, 0.15) is 72.8 Å². The molecule has 1 spiro atoms. The van der Waals surface area contributed by atoms with Crippen LogP contribution < -0.4 is 0 Å². The maximum Gasteiger partial charge on any atom is 0.249 e. The predicted molar refractivity (Wildman–Crippen MR) is 168 cm³/mol. The van der Waals surface area contributed by atoms with Crippen LogP contribution in [0.2, 0.25) is 0 Å². The van der Waals surface area contributed by atoms with Crippen molar-refractivity contribution < 1.29 is 24.2 Å². The van der Waals surface area contributed by atoms with E-state index < -0.39 is 41.2 Å². The Labute approximate surface area is 257 Å². The topological polar surface area (TPSA) is 90.4 Å². The van der Waals surface area contributed by atoms with Crippen LogP contribution in [0.15, 0.2) is 55.6 Å². The molecule has 1 N–H and O–H groups in total. The van der Waals surface area contributed by atoms with E-state index in [4.69, 9.17) is 4.74 Å². The number of likely N-dealkylation sites (tertiary alicyclic amines) is 1. The Morgan fingerprint density at radius 1 is 1.12 bits per heavy atom. The summed E-state index contributed by atoms with van der Waals surface area (Å²) in [5.74, 6) is -2.15. The van der Waals surface area contributed by atoms with E-state index in [9.17, 15) is 19.5 Å². The first kappa shape index (κ1) is 32.9. The van der Waals surface area contributed by atoms with Gasteiger partial charge in [-0.1, -0.05) is 70.2 Å². The largest absolute Gasteiger partial charge is 0.394 e. The summed E-state index contributed by atoms with van der Waals surface area (Å²) in [5.41, 5.74) is -0.752. The molecule has 0 aromatic heterocycles. The van der Waals surface area contributed by atoms with E-state index in [-0.39, 0.29) is 29.7 Å². The normalized spacial score (nSPS) is 27.1. The molecule has 4 rings (SSSR count). The SMILES string of the molecule is C=CCN(Cc1ccccc1)C(=O)[C@@H]1[C@@H]2CCC3(O2)C(C(=O)N(CC=C)C(C)(C)CC(C)(C)C)N([C@@H](CC)CO)C(=O)[C@H]13. The van der Waals surface area contributed by atoms with E-state index in [2.05, 4.69) is 47.8 Å². The third kappa shape index (κ3) is 6.05. The minimum absolute atomic E-state index is 0.0561. The lowest BCUT2D eigenvalue weighted by molar-refractivity contribution is -0.156. The first-order valence-electron chi connectivity index (χ1n) is 15.7. The highest BCUT2D eigenvalue weighted by Gasteiger charge is 2.75. The number of nitrogens with zero attached hydrogens (tertiary/aromatic N) is 3. The van der Waals surface area contributed by atoms with Crippen molar-refractivity contribution in [2.75, 3.05) is 19.7 Å². The van der Waals surface area contributed by atoms with Gasteiger partial charge in [-0.05, 0) is 50.5 Å². The van der Waals surface area contributed by atoms with Crippen molar-refractivity contribution in [3.63, 3.8) is 0 Å². The Balaban J connectivity index is 1.77. The van der Waals surface area contributed by atoms with Crippen molar-refractivity contribution in [1.29, 1.82) is 0 Å². The Morgan fingerprint density at radius 2 is 1.77 bits per heavy atom. The molecule has 0 radical (unpaired) electrons. The van der Waals surface area contributed by atoms with Crippen LogP contribution >= 0.6 is 0 Å². The summed E-state index contributed by atoms with van der Waals surface area (Å²) >= 11 is 0. The van der Waals surface area contributed by atoms with Gasteiger partial charge in [-0.25, -0.2) is 0 Å². The Bertz CT molecular complexity index is 1200. The average Bonchev–Trinajstić information content (AvgIpc) is 3.58. The minimum Gasteiger partial charge on any atom is -0.394 e.